The fourth-order valence-electron chi connectivity index (χ4n) is 1.09. The van der Waals surface area contributed by atoms with Crippen molar-refractivity contribution in [2.24, 2.45) is 5.41 Å². The van der Waals surface area contributed by atoms with Crippen molar-refractivity contribution >= 4 is 21.6 Å². The second-order valence-corrected chi connectivity index (χ2v) is 5.54. The van der Waals surface area contributed by atoms with Gasteiger partial charge in [-0.25, -0.2) is 0 Å². The molecule has 0 saturated carbocycles. The lowest BCUT2D eigenvalue weighted by atomic mass is 9.92. The average Bonchev–Trinajstić information content (AvgIpc) is 2.01. The van der Waals surface area contributed by atoms with E-state index < -0.39 is 0 Å². The number of hydrogen-bond donors (Lipinski definition) is 1. The molecule has 0 fully saturated rings. The van der Waals surface area contributed by atoms with E-state index >= 15 is 0 Å². The smallest absolute Gasteiger partial charge is 0.0538 e. The Kier molecular flexibility index (Phi) is 3.93. The van der Waals surface area contributed by atoms with Crippen molar-refractivity contribution in [3.8, 4) is 0 Å². The number of rotatable bonds is 3. The van der Waals surface area contributed by atoms with E-state index in [1.54, 1.807) is 6.20 Å². The molecule has 0 saturated heterocycles. The van der Waals surface area contributed by atoms with Gasteiger partial charge in [-0.15, -0.1) is 0 Å². The maximum absolute atomic E-state index is 4.09. The van der Waals surface area contributed by atoms with Gasteiger partial charge in [-0.1, -0.05) is 20.8 Å². The van der Waals surface area contributed by atoms with Gasteiger partial charge in [0.2, 0.25) is 0 Å². The second-order valence-electron chi connectivity index (χ2n) is 4.63. The van der Waals surface area contributed by atoms with E-state index in [1.165, 1.54) is 0 Å². The lowest BCUT2D eigenvalue weighted by Gasteiger charge is -2.18. The normalized spacial score (nSPS) is 11.4. The summed E-state index contributed by atoms with van der Waals surface area (Å²) in [5, 5.41) is 3.35. The first-order chi connectivity index (χ1) is 6.47. The molecule has 1 heterocycles. The zero-order valence-electron chi connectivity index (χ0n) is 8.97. The monoisotopic (exact) mass is 256 g/mol. The van der Waals surface area contributed by atoms with Crippen molar-refractivity contribution in [3.63, 3.8) is 0 Å². The van der Waals surface area contributed by atoms with Gasteiger partial charge in [-0.2, -0.15) is 0 Å². The van der Waals surface area contributed by atoms with Crippen LogP contribution in [0.15, 0.2) is 22.9 Å². The summed E-state index contributed by atoms with van der Waals surface area (Å²) in [5.74, 6) is 0. The minimum absolute atomic E-state index is 0.381. The van der Waals surface area contributed by atoms with Crippen LogP contribution in [0.1, 0.15) is 27.2 Å². The van der Waals surface area contributed by atoms with Gasteiger partial charge in [0.25, 0.3) is 0 Å². The fraction of sp³-hybridized carbons (Fsp3) is 0.545. The van der Waals surface area contributed by atoms with Crippen LogP contribution in [-0.2, 0) is 0 Å². The molecule has 14 heavy (non-hydrogen) atoms. The lowest BCUT2D eigenvalue weighted by Crippen LogP contribution is -2.12. The molecule has 3 heteroatoms. The first-order valence-electron chi connectivity index (χ1n) is 4.82. The second kappa shape index (κ2) is 4.78. The van der Waals surface area contributed by atoms with Crippen LogP contribution in [0, 0.1) is 5.41 Å². The third-order valence-electron chi connectivity index (χ3n) is 1.91. The van der Waals surface area contributed by atoms with Crippen LogP contribution in [-0.4, -0.2) is 11.5 Å². The molecule has 0 aromatic carbocycles. The summed E-state index contributed by atoms with van der Waals surface area (Å²) in [7, 11) is 0. The number of nitrogens with zero attached hydrogens (tertiary/aromatic N) is 1. The molecule has 0 unspecified atom stereocenters. The third kappa shape index (κ3) is 4.61. The summed E-state index contributed by atoms with van der Waals surface area (Å²) < 4.78 is 1.01. The van der Waals surface area contributed by atoms with E-state index in [0.29, 0.717) is 5.41 Å². The molecular formula is C11H17BrN2. The summed E-state index contributed by atoms with van der Waals surface area (Å²) in [6, 6.07) is 2.04. The molecule has 2 nitrogen and oxygen atoms in total. The summed E-state index contributed by atoms with van der Waals surface area (Å²) in [4.78, 5) is 4.09. The summed E-state index contributed by atoms with van der Waals surface area (Å²) in [5.41, 5.74) is 1.45. The minimum atomic E-state index is 0.381. The Hall–Kier alpha value is -0.570. The van der Waals surface area contributed by atoms with Crippen LogP contribution < -0.4 is 5.32 Å². The highest BCUT2D eigenvalue weighted by Crippen LogP contribution is 2.19. The van der Waals surface area contributed by atoms with Crippen LogP contribution in [0.2, 0.25) is 0 Å². The van der Waals surface area contributed by atoms with Crippen LogP contribution in [0.25, 0.3) is 0 Å². The van der Waals surface area contributed by atoms with Crippen LogP contribution in [0.4, 0.5) is 5.69 Å². The van der Waals surface area contributed by atoms with Crippen LogP contribution in [0.3, 0.4) is 0 Å². The number of pyridine rings is 1. The van der Waals surface area contributed by atoms with Crippen molar-refractivity contribution in [2.75, 3.05) is 11.9 Å². The van der Waals surface area contributed by atoms with E-state index in [-0.39, 0.29) is 0 Å². The van der Waals surface area contributed by atoms with Gasteiger partial charge in [0.15, 0.2) is 0 Å². The Labute approximate surface area is 94.3 Å². The highest BCUT2D eigenvalue weighted by molar-refractivity contribution is 9.10. The summed E-state index contributed by atoms with van der Waals surface area (Å²) >= 11 is 3.39. The predicted octanol–water partition coefficient (Wildman–Crippen LogP) is 3.69. The standard InChI is InChI=1S/C11H17BrN2/c1-11(2,3)4-5-14-10-6-9(12)7-13-8-10/h6-8,14H,4-5H2,1-3H3. The Morgan fingerprint density at radius 1 is 1.36 bits per heavy atom. The van der Waals surface area contributed by atoms with E-state index in [4.69, 9.17) is 0 Å². The molecule has 1 N–H and O–H groups in total. The van der Waals surface area contributed by atoms with Crippen LogP contribution in [0.5, 0.6) is 0 Å². The molecule has 1 aromatic rings. The van der Waals surface area contributed by atoms with Gasteiger partial charge >= 0.3 is 0 Å². The molecule has 0 radical (unpaired) electrons. The number of hydrogen-bond acceptors (Lipinski definition) is 2. The third-order valence-corrected chi connectivity index (χ3v) is 2.34. The van der Waals surface area contributed by atoms with Gasteiger partial charge in [0.05, 0.1) is 11.9 Å². The maximum atomic E-state index is 4.09. The predicted molar refractivity (Wildman–Crippen MR) is 64.5 cm³/mol. The van der Waals surface area contributed by atoms with Crippen molar-refractivity contribution in [1.29, 1.82) is 0 Å². The average molecular weight is 257 g/mol. The Morgan fingerprint density at radius 3 is 2.64 bits per heavy atom. The molecule has 1 aromatic heterocycles. The number of nitrogens with one attached hydrogen (secondary N) is 1. The number of halogens is 1. The van der Waals surface area contributed by atoms with Gasteiger partial charge in [0, 0.05) is 17.2 Å². The van der Waals surface area contributed by atoms with Crippen molar-refractivity contribution < 1.29 is 0 Å². The molecule has 78 valence electrons. The zero-order valence-corrected chi connectivity index (χ0v) is 10.6. The van der Waals surface area contributed by atoms with Crippen molar-refractivity contribution in [2.45, 2.75) is 27.2 Å². The van der Waals surface area contributed by atoms with Gasteiger partial charge < -0.3 is 5.32 Å². The molecule has 0 spiro atoms. The molecule has 0 atom stereocenters. The molecule has 1 rings (SSSR count). The van der Waals surface area contributed by atoms with Gasteiger partial charge in [-0.05, 0) is 33.8 Å². The largest absolute Gasteiger partial charge is 0.384 e. The highest BCUT2D eigenvalue weighted by atomic mass is 79.9. The van der Waals surface area contributed by atoms with Gasteiger partial charge in [0.1, 0.15) is 0 Å². The lowest BCUT2D eigenvalue weighted by molar-refractivity contribution is 0.390. The highest BCUT2D eigenvalue weighted by Gasteiger charge is 2.08. The Bertz CT molecular complexity index is 292. The molecule has 0 aliphatic heterocycles. The quantitative estimate of drug-likeness (QED) is 0.893. The van der Waals surface area contributed by atoms with Crippen LogP contribution >= 0.6 is 15.9 Å². The molecule has 0 aliphatic rings. The molecule has 0 amide bonds. The van der Waals surface area contributed by atoms with E-state index in [1.807, 2.05) is 12.3 Å². The minimum Gasteiger partial charge on any atom is -0.384 e. The first kappa shape index (κ1) is 11.5. The van der Waals surface area contributed by atoms with E-state index in [0.717, 1.165) is 23.1 Å². The molecule has 0 aliphatic carbocycles. The topological polar surface area (TPSA) is 24.9 Å². The Balaban J connectivity index is 2.39. The molecular weight excluding hydrogens is 240 g/mol. The van der Waals surface area contributed by atoms with Crippen molar-refractivity contribution in [3.05, 3.63) is 22.9 Å². The zero-order chi connectivity index (χ0) is 10.6. The van der Waals surface area contributed by atoms with Gasteiger partial charge in [-0.3, -0.25) is 4.98 Å². The SMILES string of the molecule is CC(C)(C)CCNc1cncc(Br)c1. The first-order valence-corrected chi connectivity index (χ1v) is 5.61. The maximum Gasteiger partial charge on any atom is 0.0538 e. The summed E-state index contributed by atoms with van der Waals surface area (Å²) in [6.07, 6.45) is 4.78. The van der Waals surface area contributed by atoms with E-state index in [9.17, 15) is 0 Å². The Morgan fingerprint density at radius 2 is 2.07 bits per heavy atom. The molecule has 0 bridgehead atoms. The van der Waals surface area contributed by atoms with E-state index in [2.05, 4.69) is 47.0 Å². The number of aromatic nitrogens is 1. The number of anilines is 1. The fourth-order valence-corrected chi connectivity index (χ4v) is 1.46. The van der Waals surface area contributed by atoms with Crippen molar-refractivity contribution in [1.82, 2.24) is 4.98 Å². The summed E-state index contributed by atoms with van der Waals surface area (Å²) in [6.45, 7) is 7.72.